The Kier molecular flexibility index (Phi) is 6.82. The van der Waals surface area contributed by atoms with Crippen molar-refractivity contribution in [2.45, 2.75) is 37.0 Å². The smallest absolute Gasteiger partial charge is 0.351 e. The topological polar surface area (TPSA) is 169 Å². The number of anilines is 1. The van der Waals surface area contributed by atoms with Crippen LogP contribution in [0.5, 0.6) is 0 Å². The van der Waals surface area contributed by atoms with E-state index in [1.807, 2.05) is 6.26 Å². The first-order valence-electron chi connectivity index (χ1n) is 8.20. The van der Waals surface area contributed by atoms with Crippen LogP contribution >= 0.6 is 11.8 Å². The number of nitrogens with zero attached hydrogens (tertiary/aromatic N) is 2. The molecule has 0 unspecified atom stereocenters. The van der Waals surface area contributed by atoms with Gasteiger partial charge in [0.05, 0.1) is 1.37 Å². The van der Waals surface area contributed by atoms with Gasteiger partial charge in [-0.05, 0) is 24.5 Å². The van der Waals surface area contributed by atoms with Crippen LogP contribution in [-0.4, -0.2) is 73.9 Å². The maximum atomic E-state index is 12.0. The fourth-order valence-corrected chi connectivity index (χ4v) is 2.73. The van der Waals surface area contributed by atoms with E-state index in [4.69, 9.17) is 21.8 Å². The van der Waals surface area contributed by atoms with Crippen molar-refractivity contribution < 1.29 is 31.1 Å². The van der Waals surface area contributed by atoms with Gasteiger partial charge in [0.2, 0.25) is 0 Å². The lowest BCUT2D eigenvalue weighted by molar-refractivity contribution is -0.151. The highest BCUT2D eigenvalue weighted by Gasteiger charge is 2.44. The summed E-state index contributed by atoms with van der Waals surface area (Å²) in [5.74, 6) is -0.200. The highest BCUT2D eigenvalue weighted by atomic mass is 32.2. The van der Waals surface area contributed by atoms with E-state index < -0.39 is 48.8 Å². The molecule has 12 heteroatoms. The van der Waals surface area contributed by atoms with Crippen molar-refractivity contribution in [1.29, 1.82) is 0 Å². The minimum atomic E-state index is -2.39. The van der Waals surface area contributed by atoms with Gasteiger partial charge in [-0.25, -0.2) is 4.79 Å². The zero-order valence-corrected chi connectivity index (χ0v) is 14.8. The predicted molar refractivity (Wildman–Crippen MR) is 91.8 cm³/mol. The number of aromatic nitrogens is 2. The molecule has 2 rings (SSSR count). The van der Waals surface area contributed by atoms with Gasteiger partial charge in [-0.1, -0.05) is 0 Å². The van der Waals surface area contributed by atoms with E-state index in [-0.39, 0.29) is 5.82 Å². The first-order chi connectivity index (χ1) is 12.7. The van der Waals surface area contributed by atoms with Crippen molar-refractivity contribution in [3.05, 3.63) is 22.7 Å². The Bertz CT molecular complexity index is 723. The number of hydrogen-bond donors (Lipinski definition) is 5. The average Bonchev–Trinajstić information content (AvgIpc) is 2.88. The Morgan fingerprint density at radius 2 is 2.35 bits per heavy atom. The van der Waals surface area contributed by atoms with Crippen LogP contribution in [0.3, 0.4) is 0 Å². The molecule has 1 aliphatic rings. The van der Waals surface area contributed by atoms with Crippen LogP contribution in [0.1, 0.15) is 14.0 Å². The minimum absolute atomic E-state index is 0.169. The van der Waals surface area contributed by atoms with Crippen LogP contribution in [0.4, 0.5) is 5.82 Å². The Balaban J connectivity index is 2.08. The highest BCUT2D eigenvalue weighted by molar-refractivity contribution is 7.98. The Morgan fingerprint density at radius 1 is 1.62 bits per heavy atom. The van der Waals surface area contributed by atoms with Crippen molar-refractivity contribution in [2.75, 3.05) is 24.1 Å². The van der Waals surface area contributed by atoms with E-state index in [0.717, 1.165) is 12.3 Å². The summed E-state index contributed by atoms with van der Waals surface area (Å²) < 4.78 is 19.2. The van der Waals surface area contributed by atoms with E-state index >= 15 is 0 Å². The van der Waals surface area contributed by atoms with Crippen LogP contribution in [0, 0.1) is 0 Å². The SMILES string of the molecule is [2H][C@@]1(n2ccc(NO)nc2=O)O[C@H](COC(=O)[C@@H](N)CCSC)[C@@H](O)[C@H]1O. The van der Waals surface area contributed by atoms with Crippen molar-refractivity contribution in [2.24, 2.45) is 5.73 Å². The van der Waals surface area contributed by atoms with Gasteiger partial charge >= 0.3 is 11.7 Å². The minimum Gasteiger partial charge on any atom is -0.462 e. The first kappa shape index (κ1) is 19.1. The molecule has 0 bridgehead atoms. The number of ether oxygens (including phenoxy) is 2. The van der Waals surface area contributed by atoms with Gasteiger partial charge in [0, 0.05) is 6.20 Å². The van der Waals surface area contributed by atoms with Crippen LogP contribution in [0.2, 0.25) is 0 Å². The van der Waals surface area contributed by atoms with Gasteiger partial charge in [0.15, 0.2) is 12.0 Å². The number of thioether (sulfide) groups is 1. The lowest BCUT2D eigenvalue weighted by Crippen LogP contribution is -2.38. The molecule has 0 saturated carbocycles. The van der Waals surface area contributed by atoms with Crippen molar-refractivity contribution in [3.8, 4) is 0 Å². The van der Waals surface area contributed by atoms with E-state index in [9.17, 15) is 19.8 Å². The Labute approximate surface area is 154 Å². The number of rotatable bonds is 8. The number of aliphatic hydroxyl groups is 2. The molecule has 11 nitrogen and oxygen atoms in total. The zero-order valence-electron chi connectivity index (χ0n) is 14.9. The van der Waals surface area contributed by atoms with Gasteiger partial charge < -0.3 is 25.4 Å². The molecule has 0 aromatic carbocycles. The third-order valence-electron chi connectivity index (χ3n) is 3.71. The van der Waals surface area contributed by atoms with Crippen molar-refractivity contribution in [3.63, 3.8) is 0 Å². The second-order valence-corrected chi connectivity index (χ2v) is 6.51. The Morgan fingerprint density at radius 3 is 2.96 bits per heavy atom. The van der Waals surface area contributed by atoms with Crippen LogP contribution in [0.25, 0.3) is 0 Å². The van der Waals surface area contributed by atoms with E-state index in [1.165, 1.54) is 11.8 Å². The molecule has 0 aliphatic carbocycles. The highest BCUT2D eigenvalue weighted by Crippen LogP contribution is 2.28. The summed E-state index contributed by atoms with van der Waals surface area (Å²) in [7, 11) is 0. The molecule has 26 heavy (non-hydrogen) atoms. The molecular weight excluding hydrogens is 368 g/mol. The predicted octanol–water partition coefficient (Wildman–Crippen LogP) is -1.71. The second-order valence-electron chi connectivity index (χ2n) is 5.53. The Hall–Kier alpha value is -1.70. The number of esters is 1. The molecule has 5 atom stereocenters. The molecule has 1 fully saturated rings. The van der Waals surface area contributed by atoms with Crippen LogP contribution in [0.15, 0.2) is 17.1 Å². The van der Waals surface area contributed by atoms with Gasteiger partial charge in [-0.15, -0.1) is 0 Å². The largest absolute Gasteiger partial charge is 0.462 e. The third-order valence-corrected chi connectivity index (χ3v) is 4.35. The van der Waals surface area contributed by atoms with Crippen molar-refractivity contribution >= 4 is 23.5 Å². The molecule has 0 spiro atoms. The summed E-state index contributed by atoms with van der Waals surface area (Å²) in [6, 6.07) is 0.324. The first-order valence-corrected chi connectivity index (χ1v) is 9.09. The summed E-state index contributed by atoms with van der Waals surface area (Å²) in [6.07, 6.45) is -3.73. The van der Waals surface area contributed by atoms with E-state index in [2.05, 4.69) is 4.98 Å². The van der Waals surface area contributed by atoms with Gasteiger partial charge in [0.25, 0.3) is 0 Å². The van der Waals surface area contributed by atoms with Crippen molar-refractivity contribution in [1.82, 2.24) is 9.55 Å². The number of carbonyl (C=O) groups excluding carboxylic acids is 1. The summed E-state index contributed by atoms with van der Waals surface area (Å²) in [5, 5.41) is 29.1. The third kappa shape index (κ3) is 4.72. The molecular formula is C14H22N4O7S. The number of nitrogens with two attached hydrogens (primary N) is 1. The molecule has 1 aliphatic heterocycles. The van der Waals surface area contributed by atoms with E-state index in [0.29, 0.717) is 16.7 Å². The summed E-state index contributed by atoms with van der Waals surface area (Å²) >= 11 is 1.52. The molecule has 0 amide bonds. The number of aliphatic hydroxyl groups excluding tert-OH is 2. The molecule has 2 heterocycles. The van der Waals surface area contributed by atoms with E-state index in [1.54, 1.807) is 5.48 Å². The lowest BCUT2D eigenvalue weighted by atomic mass is 10.1. The maximum Gasteiger partial charge on any atom is 0.351 e. The van der Waals surface area contributed by atoms with Crippen LogP contribution < -0.4 is 16.9 Å². The molecule has 1 saturated heterocycles. The quantitative estimate of drug-likeness (QED) is 0.252. The zero-order chi connectivity index (χ0) is 20.2. The lowest BCUT2D eigenvalue weighted by Gasteiger charge is -2.17. The molecule has 6 N–H and O–H groups in total. The van der Waals surface area contributed by atoms with Crippen LogP contribution in [-0.2, 0) is 14.3 Å². The fourth-order valence-electron chi connectivity index (χ4n) is 2.24. The fraction of sp³-hybridized carbons (Fsp3) is 0.643. The number of carbonyl (C=O) groups is 1. The molecule has 146 valence electrons. The number of hydrogen-bond acceptors (Lipinski definition) is 11. The summed E-state index contributed by atoms with van der Waals surface area (Å²) in [4.78, 5) is 27.3. The standard InChI is InChI=1S/C14H22N4O7S/c1-26-5-3-7(15)13(21)24-6-8-10(19)11(20)12(25-8)18-4-2-9(17-23)16-14(18)22/h2,4,7-8,10-12,19-20,23H,3,5-6,15H2,1H3,(H,16,17,22)/t7-,8+,10+,11+,12+/m0/s1/i12D. The summed E-state index contributed by atoms with van der Waals surface area (Å²) in [5.41, 5.74) is 6.35. The van der Waals surface area contributed by atoms with Gasteiger partial charge in [-0.2, -0.15) is 16.7 Å². The molecule has 0 radical (unpaired) electrons. The molecule has 1 aromatic rings. The van der Waals surface area contributed by atoms with Gasteiger partial charge in [0.1, 0.15) is 31.0 Å². The van der Waals surface area contributed by atoms with Gasteiger partial charge in [-0.3, -0.25) is 20.0 Å². The summed E-state index contributed by atoms with van der Waals surface area (Å²) in [6.45, 7) is -0.455. The normalized spacial score (nSPS) is 29.9. The monoisotopic (exact) mass is 391 g/mol. The second kappa shape index (κ2) is 9.30. The molecule has 1 aromatic heterocycles. The maximum absolute atomic E-state index is 12.0. The average molecular weight is 391 g/mol. The number of nitrogens with one attached hydrogen (secondary N) is 1.